The molecule has 0 aromatic heterocycles. The second-order valence-electron chi connectivity index (χ2n) is 7.74. The van der Waals surface area contributed by atoms with Crippen LogP contribution in [0.5, 0.6) is 0 Å². The Morgan fingerprint density at radius 2 is 1.71 bits per heavy atom. The monoisotopic (exact) mass is 374 g/mol. The van der Waals surface area contributed by atoms with Crippen molar-refractivity contribution in [3.8, 4) is 0 Å². The predicted octanol–water partition coefficient (Wildman–Crippen LogP) is 3.85. The van der Waals surface area contributed by atoms with Gasteiger partial charge in [-0.3, -0.25) is 14.5 Å². The Kier molecular flexibility index (Phi) is 4.80. The molecule has 2 amide bonds. The van der Waals surface area contributed by atoms with E-state index >= 15 is 0 Å². The number of nitrogens with zero attached hydrogens (tertiary/aromatic N) is 2. The van der Waals surface area contributed by atoms with Gasteiger partial charge in [0.25, 0.3) is 11.8 Å². The molecule has 0 aliphatic carbocycles. The maximum atomic E-state index is 13.3. The van der Waals surface area contributed by atoms with Crippen molar-refractivity contribution in [2.24, 2.45) is 0 Å². The third-order valence-corrected chi connectivity index (χ3v) is 5.69. The number of hydrogen-bond acceptors (Lipinski definition) is 3. The van der Waals surface area contributed by atoms with Gasteiger partial charge in [-0.15, -0.1) is 0 Å². The minimum Gasteiger partial charge on any atom is -0.362 e. The van der Waals surface area contributed by atoms with Crippen LogP contribution in [-0.4, -0.2) is 34.7 Å². The first-order valence-electron chi connectivity index (χ1n) is 10.0. The molecule has 4 rings (SSSR count). The highest BCUT2D eigenvalue weighted by molar-refractivity contribution is 6.35. The molecular weight excluding hydrogens is 348 g/mol. The van der Waals surface area contributed by atoms with E-state index in [4.69, 9.17) is 0 Å². The van der Waals surface area contributed by atoms with E-state index in [0.717, 1.165) is 36.1 Å². The third kappa shape index (κ3) is 3.03. The molecular formula is C24H26N2O2. The number of amides is 2. The van der Waals surface area contributed by atoms with Crippen LogP contribution < -0.4 is 0 Å². The molecule has 0 fully saturated rings. The van der Waals surface area contributed by atoms with E-state index in [1.54, 1.807) is 0 Å². The highest BCUT2D eigenvalue weighted by Gasteiger charge is 2.42. The molecule has 4 nitrogen and oxygen atoms in total. The second kappa shape index (κ2) is 7.27. The molecule has 0 saturated heterocycles. The lowest BCUT2D eigenvalue weighted by molar-refractivity contribution is -0.137. The number of fused-ring (bicyclic) bond motifs is 1. The van der Waals surface area contributed by atoms with Gasteiger partial charge < -0.3 is 4.90 Å². The van der Waals surface area contributed by atoms with Crippen LogP contribution in [0.15, 0.2) is 48.2 Å². The van der Waals surface area contributed by atoms with Crippen LogP contribution in [0.3, 0.4) is 0 Å². The number of hydrogen-bond donors (Lipinski definition) is 0. The van der Waals surface area contributed by atoms with Crippen molar-refractivity contribution in [2.75, 3.05) is 13.1 Å². The van der Waals surface area contributed by atoms with Crippen LogP contribution in [0.4, 0.5) is 0 Å². The van der Waals surface area contributed by atoms with Crippen molar-refractivity contribution >= 4 is 17.4 Å². The van der Waals surface area contributed by atoms with Crippen LogP contribution in [-0.2, 0) is 22.6 Å². The summed E-state index contributed by atoms with van der Waals surface area (Å²) >= 11 is 0. The molecule has 0 atom stereocenters. The fourth-order valence-corrected chi connectivity index (χ4v) is 4.31. The van der Waals surface area contributed by atoms with Gasteiger partial charge in [-0.1, -0.05) is 55.0 Å². The molecule has 144 valence electrons. The summed E-state index contributed by atoms with van der Waals surface area (Å²) in [5.41, 5.74) is 6.75. The Bertz CT molecular complexity index is 990. The Hall–Kier alpha value is -2.88. The number of rotatable bonds is 4. The lowest BCUT2D eigenvalue weighted by Crippen LogP contribution is -2.37. The van der Waals surface area contributed by atoms with E-state index in [2.05, 4.69) is 29.2 Å². The predicted molar refractivity (Wildman–Crippen MR) is 110 cm³/mol. The fraction of sp³-hybridized carbons (Fsp3) is 0.333. The lowest BCUT2D eigenvalue weighted by Gasteiger charge is -2.31. The minimum atomic E-state index is -0.160. The number of benzene rings is 2. The van der Waals surface area contributed by atoms with Gasteiger partial charge in [-0.05, 0) is 48.9 Å². The first-order chi connectivity index (χ1) is 13.5. The lowest BCUT2D eigenvalue weighted by atomic mass is 9.95. The summed E-state index contributed by atoms with van der Waals surface area (Å²) in [5, 5.41) is 0. The van der Waals surface area contributed by atoms with Gasteiger partial charge in [0.15, 0.2) is 0 Å². The molecule has 2 heterocycles. The van der Waals surface area contributed by atoms with Gasteiger partial charge >= 0.3 is 0 Å². The van der Waals surface area contributed by atoms with Crippen LogP contribution in [0.25, 0.3) is 5.57 Å². The van der Waals surface area contributed by atoms with E-state index in [-0.39, 0.29) is 11.8 Å². The van der Waals surface area contributed by atoms with Crippen molar-refractivity contribution in [3.05, 3.63) is 76.0 Å². The first-order valence-corrected chi connectivity index (χ1v) is 10.0. The molecule has 0 N–H and O–H groups in total. The summed E-state index contributed by atoms with van der Waals surface area (Å²) in [4.78, 5) is 30.1. The van der Waals surface area contributed by atoms with Crippen molar-refractivity contribution < 1.29 is 9.59 Å². The molecule has 0 spiro atoms. The van der Waals surface area contributed by atoms with E-state index in [9.17, 15) is 9.59 Å². The van der Waals surface area contributed by atoms with E-state index in [0.29, 0.717) is 24.4 Å². The molecule has 28 heavy (non-hydrogen) atoms. The average molecular weight is 374 g/mol. The van der Waals surface area contributed by atoms with Crippen LogP contribution in [0, 0.1) is 13.8 Å². The van der Waals surface area contributed by atoms with E-state index in [1.807, 2.05) is 39.0 Å². The van der Waals surface area contributed by atoms with Gasteiger partial charge in [0.05, 0.1) is 5.57 Å². The van der Waals surface area contributed by atoms with Crippen LogP contribution in [0.1, 0.15) is 41.2 Å². The normalized spacial score (nSPS) is 16.8. The molecule has 2 aliphatic rings. The highest BCUT2D eigenvalue weighted by atomic mass is 16.2. The Morgan fingerprint density at radius 3 is 2.43 bits per heavy atom. The molecule has 2 aromatic rings. The van der Waals surface area contributed by atoms with Gasteiger partial charge in [0.2, 0.25) is 0 Å². The van der Waals surface area contributed by atoms with Gasteiger partial charge in [0, 0.05) is 19.6 Å². The molecule has 4 heteroatoms. The highest BCUT2D eigenvalue weighted by Crippen LogP contribution is 2.35. The Morgan fingerprint density at radius 1 is 0.964 bits per heavy atom. The summed E-state index contributed by atoms with van der Waals surface area (Å²) in [6.07, 6.45) is 1.64. The number of carbonyl (C=O) groups excluding carboxylic acids is 2. The topological polar surface area (TPSA) is 40.6 Å². The zero-order valence-corrected chi connectivity index (χ0v) is 16.8. The van der Waals surface area contributed by atoms with Crippen LogP contribution >= 0.6 is 0 Å². The molecule has 0 unspecified atom stereocenters. The van der Waals surface area contributed by atoms with Gasteiger partial charge in [-0.25, -0.2) is 0 Å². The number of aryl methyl sites for hydroxylation is 2. The summed E-state index contributed by atoms with van der Waals surface area (Å²) in [6.45, 7) is 7.92. The standard InChI is InChI=1S/C24H26N2O2/c1-4-12-26-23(27)21(20-10-9-16(2)14-17(20)3)22(24(26)28)25-13-11-18-7-5-6-8-19(18)15-25/h5-10,14H,4,11-13,15H2,1-3H3. The third-order valence-electron chi connectivity index (χ3n) is 5.69. The molecule has 0 radical (unpaired) electrons. The zero-order valence-electron chi connectivity index (χ0n) is 16.8. The second-order valence-corrected chi connectivity index (χ2v) is 7.74. The summed E-state index contributed by atoms with van der Waals surface area (Å²) < 4.78 is 0. The smallest absolute Gasteiger partial charge is 0.277 e. The molecule has 2 aromatic carbocycles. The molecule has 2 aliphatic heterocycles. The Balaban J connectivity index is 1.83. The SMILES string of the molecule is CCCN1C(=O)C(c2ccc(C)cc2C)=C(N2CCc3ccccc3C2)C1=O. The fourth-order valence-electron chi connectivity index (χ4n) is 4.31. The van der Waals surface area contributed by atoms with Crippen molar-refractivity contribution in [1.29, 1.82) is 0 Å². The molecule has 0 saturated carbocycles. The molecule has 0 bridgehead atoms. The van der Waals surface area contributed by atoms with Crippen molar-refractivity contribution in [1.82, 2.24) is 9.80 Å². The van der Waals surface area contributed by atoms with Gasteiger partial charge in [0.1, 0.15) is 5.70 Å². The largest absolute Gasteiger partial charge is 0.362 e. The van der Waals surface area contributed by atoms with Crippen LogP contribution in [0.2, 0.25) is 0 Å². The van der Waals surface area contributed by atoms with Crippen molar-refractivity contribution in [3.63, 3.8) is 0 Å². The van der Waals surface area contributed by atoms with E-state index in [1.165, 1.54) is 16.0 Å². The maximum absolute atomic E-state index is 13.3. The Labute approximate surface area is 166 Å². The summed E-state index contributed by atoms with van der Waals surface area (Å²) in [6, 6.07) is 14.4. The number of imide groups is 1. The average Bonchev–Trinajstić information content (AvgIpc) is 2.93. The van der Waals surface area contributed by atoms with Crippen molar-refractivity contribution in [2.45, 2.75) is 40.2 Å². The quantitative estimate of drug-likeness (QED) is 0.763. The minimum absolute atomic E-state index is 0.152. The van der Waals surface area contributed by atoms with Gasteiger partial charge in [-0.2, -0.15) is 0 Å². The first kappa shape index (κ1) is 18.5. The van der Waals surface area contributed by atoms with E-state index < -0.39 is 0 Å². The summed E-state index contributed by atoms with van der Waals surface area (Å²) in [5.74, 6) is -0.311. The number of carbonyl (C=O) groups is 2. The maximum Gasteiger partial charge on any atom is 0.277 e. The summed E-state index contributed by atoms with van der Waals surface area (Å²) in [7, 11) is 0. The zero-order chi connectivity index (χ0) is 19.8.